The Morgan fingerprint density at radius 3 is 2.73 bits per heavy atom. The second kappa shape index (κ2) is 3.34. The number of nitrogens with zero attached hydrogens (tertiary/aromatic N) is 1. The average molecular weight is 153 g/mol. The van der Waals surface area contributed by atoms with Crippen molar-refractivity contribution in [1.29, 1.82) is 0 Å². The van der Waals surface area contributed by atoms with E-state index in [0.717, 1.165) is 5.69 Å². The van der Waals surface area contributed by atoms with Gasteiger partial charge in [0.2, 0.25) is 0 Å². The molecule has 0 aliphatic rings. The van der Waals surface area contributed by atoms with Crippen LogP contribution in [0.5, 0.6) is 5.75 Å². The molecule has 0 saturated heterocycles. The molecule has 1 N–H and O–H groups in total. The quantitative estimate of drug-likeness (QED) is 0.700. The number of aromatic nitrogens is 1. The van der Waals surface area contributed by atoms with Crippen LogP contribution < -0.4 is 0 Å². The van der Waals surface area contributed by atoms with Gasteiger partial charge in [-0.3, -0.25) is 4.98 Å². The first-order chi connectivity index (χ1) is 5.24. The Balaban J connectivity index is 2.81. The van der Waals surface area contributed by atoms with E-state index in [-0.39, 0.29) is 11.9 Å². The van der Waals surface area contributed by atoms with Crippen molar-refractivity contribution in [3.05, 3.63) is 24.0 Å². The lowest BCUT2D eigenvalue weighted by molar-refractivity contribution is 0.116. The van der Waals surface area contributed by atoms with E-state index in [0.29, 0.717) is 0 Å². The van der Waals surface area contributed by atoms with E-state index in [4.69, 9.17) is 9.84 Å². The molecule has 0 bridgehead atoms. The highest BCUT2D eigenvalue weighted by Gasteiger charge is 2.03. The average Bonchev–Trinajstić information content (AvgIpc) is 2.05. The Labute approximate surface area is 65.7 Å². The highest BCUT2D eigenvalue weighted by atomic mass is 16.5. The second-order valence-electron chi connectivity index (χ2n) is 2.32. The standard InChI is InChI=1S/C8H11NO2/c1-6(11-2)8-4-3-7(10)5-9-8/h3-6,10H,1-2H3/t6-/m1/s1. The van der Waals surface area contributed by atoms with Gasteiger partial charge in [-0.1, -0.05) is 0 Å². The smallest absolute Gasteiger partial charge is 0.133 e. The summed E-state index contributed by atoms with van der Waals surface area (Å²) in [6.45, 7) is 1.90. The fourth-order valence-corrected chi connectivity index (χ4v) is 0.759. The van der Waals surface area contributed by atoms with Crippen LogP contribution in [0.2, 0.25) is 0 Å². The van der Waals surface area contributed by atoms with Gasteiger partial charge in [-0.05, 0) is 19.1 Å². The zero-order valence-electron chi connectivity index (χ0n) is 6.61. The van der Waals surface area contributed by atoms with Gasteiger partial charge in [0, 0.05) is 7.11 Å². The van der Waals surface area contributed by atoms with Gasteiger partial charge in [-0.2, -0.15) is 0 Å². The number of methoxy groups -OCH3 is 1. The Morgan fingerprint density at radius 1 is 1.55 bits per heavy atom. The molecule has 1 aromatic rings. The molecule has 0 fully saturated rings. The lowest BCUT2D eigenvalue weighted by Crippen LogP contribution is -1.97. The molecule has 3 nitrogen and oxygen atoms in total. The van der Waals surface area contributed by atoms with Gasteiger partial charge in [0.05, 0.1) is 18.0 Å². The van der Waals surface area contributed by atoms with Crippen molar-refractivity contribution in [2.45, 2.75) is 13.0 Å². The van der Waals surface area contributed by atoms with Gasteiger partial charge in [0.25, 0.3) is 0 Å². The highest BCUT2D eigenvalue weighted by Crippen LogP contribution is 2.14. The zero-order valence-corrected chi connectivity index (χ0v) is 6.61. The minimum absolute atomic E-state index is 0.0180. The van der Waals surface area contributed by atoms with Crippen molar-refractivity contribution in [2.24, 2.45) is 0 Å². The summed E-state index contributed by atoms with van der Waals surface area (Å²) in [6, 6.07) is 3.33. The van der Waals surface area contributed by atoms with Gasteiger partial charge in [-0.25, -0.2) is 0 Å². The molecule has 1 atom stereocenters. The maximum absolute atomic E-state index is 8.91. The summed E-state index contributed by atoms with van der Waals surface area (Å²) in [5, 5.41) is 8.91. The summed E-state index contributed by atoms with van der Waals surface area (Å²) >= 11 is 0. The summed E-state index contributed by atoms with van der Waals surface area (Å²) in [5.74, 6) is 0.178. The van der Waals surface area contributed by atoms with E-state index in [2.05, 4.69) is 4.98 Å². The van der Waals surface area contributed by atoms with Gasteiger partial charge in [0.15, 0.2) is 0 Å². The molecule has 1 aromatic heterocycles. The number of hydrogen-bond donors (Lipinski definition) is 1. The maximum atomic E-state index is 8.91. The number of ether oxygens (including phenoxy) is 1. The molecule has 0 amide bonds. The summed E-state index contributed by atoms with van der Waals surface area (Å²) in [7, 11) is 1.62. The van der Waals surface area contributed by atoms with E-state index in [9.17, 15) is 0 Å². The molecule has 0 saturated carbocycles. The van der Waals surface area contributed by atoms with Gasteiger partial charge in [-0.15, -0.1) is 0 Å². The number of pyridine rings is 1. The van der Waals surface area contributed by atoms with Crippen LogP contribution in [0.1, 0.15) is 18.7 Å². The summed E-state index contributed by atoms with van der Waals surface area (Å²) in [5.41, 5.74) is 0.824. The SMILES string of the molecule is CO[C@H](C)c1ccc(O)cn1. The van der Waals surface area contributed by atoms with Crippen molar-refractivity contribution < 1.29 is 9.84 Å². The summed E-state index contributed by atoms with van der Waals surface area (Å²) in [6.07, 6.45) is 1.39. The topological polar surface area (TPSA) is 42.4 Å². The van der Waals surface area contributed by atoms with Crippen molar-refractivity contribution in [3.63, 3.8) is 0 Å². The van der Waals surface area contributed by atoms with E-state index in [1.165, 1.54) is 6.20 Å². The Morgan fingerprint density at radius 2 is 2.27 bits per heavy atom. The molecule has 1 heterocycles. The highest BCUT2D eigenvalue weighted by molar-refractivity contribution is 5.18. The number of aromatic hydroxyl groups is 1. The van der Waals surface area contributed by atoms with Crippen LogP contribution in [0.15, 0.2) is 18.3 Å². The first-order valence-electron chi connectivity index (χ1n) is 3.41. The molecule has 0 radical (unpaired) electrons. The summed E-state index contributed by atoms with van der Waals surface area (Å²) in [4.78, 5) is 3.97. The normalized spacial score (nSPS) is 12.9. The van der Waals surface area contributed by atoms with E-state index in [1.54, 1.807) is 19.2 Å². The second-order valence-corrected chi connectivity index (χ2v) is 2.32. The number of rotatable bonds is 2. The maximum Gasteiger partial charge on any atom is 0.133 e. The van der Waals surface area contributed by atoms with Crippen molar-refractivity contribution in [1.82, 2.24) is 4.98 Å². The predicted octanol–water partition coefficient (Wildman–Crippen LogP) is 1.49. The molecule has 0 aliphatic heterocycles. The van der Waals surface area contributed by atoms with Crippen LogP contribution in [0.4, 0.5) is 0 Å². The fraction of sp³-hybridized carbons (Fsp3) is 0.375. The van der Waals surface area contributed by atoms with Crippen LogP contribution in [0, 0.1) is 0 Å². The van der Waals surface area contributed by atoms with Crippen LogP contribution >= 0.6 is 0 Å². The molecule has 0 aliphatic carbocycles. The fourth-order valence-electron chi connectivity index (χ4n) is 0.759. The molecule has 3 heteroatoms. The zero-order chi connectivity index (χ0) is 8.27. The monoisotopic (exact) mass is 153 g/mol. The molecular formula is C8H11NO2. The first-order valence-corrected chi connectivity index (χ1v) is 3.41. The molecular weight excluding hydrogens is 142 g/mol. The van der Waals surface area contributed by atoms with Crippen molar-refractivity contribution >= 4 is 0 Å². The Hall–Kier alpha value is -1.09. The predicted molar refractivity (Wildman–Crippen MR) is 41.3 cm³/mol. The lowest BCUT2D eigenvalue weighted by atomic mass is 10.2. The Bertz CT molecular complexity index is 220. The van der Waals surface area contributed by atoms with E-state index >= 15 is 0 Å². The number of hydrogen-bond acceptors (Lipinski definition) is 3. The molecule has 0 aromatic carbocycles. The summed E-state index contributed by atoms with van der Waals surface area (Å²) < 4.78 is 5.03. The van der Waals surface area contributed by atoms with Gasteiger partial charge < -0.3 is 9.84 Å². The third kappa shape index (κ3) is 1.91. The van der Waals surface area contributed by atoms with E-state index < -0.39 is 0 Å². The third-order valence-electron chi connectivity index (χ3n) is 1.54. The van der Waals surface area contributed by atoms with Crippen LogP contribution in [0.3, 0.4) is 0 Å². The van der Waals surface area contributed by atoms with Crippen LogP contribution in [-0.4, -0.2) is 17.2 Å². The van der Waals surface area contributed by atoms with E-state index in [1.807, 2.05) is 6.92 Å². The molecule has 0 unspecified atom stereocenters. The molecule has 60 valence electrons. The van der Waals surface area contributed by atoms with Gasteiger partial charge >= 0.3 is 0 Å². The molecule has 1 rings (SSSR count). The lowest BCUT2D eigenvalue weighted by Gasteiger charge is -2.07. The largest absolute Gasteiger partial charge is 0.506 e. The van der Waals surface area contributed by atoms with Crippen molar-refractivity contribution in [3.8, 4) is 5.75 Å². The minimum atomic E-state index is -0.0180. The third-order valence-corrected chi connectivity index (χ3v) is 1.54. The first kappa shape index (κ1) is 8.01. The van der Waals surface area contributed by atoms with Crippen molar-refractivity contribution in [2.75, 3.05) is 7.11 Å². The van der Waals surface area contributed by atoms with Crippen LogP contribution in [-0.2, 0) is 4.74 Å². The molecule has 11 heavy (non-hydrogen) atoms. The van der Waals surface area contributed by atoms with Crippen LogP contribution in [0.25, 0.3) is 0 Å². The Kier molecular flexibility index (Phi) is 2.44. The molecule has 0 spiro atoms. The van der Waals surface area contributed by atoms with Gasteiger partial charge in [0.1, 0.15) is 5.75 Å². The minimum Gasteiger partial charge on any atom is -0.506 e.